The molecule has 7 nitrogen and oxygen atoms in total. The largest absolute Gasteiger partial charge is 0.496 e. The first-order valence-corrected chi connectivity index (χ1v) is 15.3. The topological polar surface area (TPSA) is 88.1 Å². The van der Waals surface area contributed by atoms with Gasteiger partial charge in [0.25, 0.3) is 5.91 Å². The molecule has 1 atom stereocenters. The number of carboxylic acids is 1. The number of aliphatic carboxylic acids is 1. The zero-order valence-corrected chi connectivity index (χ0v) is 26.3. The number of hydrogen-bond acceptors (Lipinski definition) is 5. The number of benzene rings is 4. The number of halogens is 4. The van der Waals surface area contributed by atoms with E-state index in [0.717, 1.165) is 28.0 Å². The molecular weight excluding hydrogens is 616 g/mol. The van der Waals surface area contributed by atoms with Crippen molar-refractivity contribution >= 4 is 22.6 Å². The summed E-state index contributed by atoms with van der Waals surface area (Å²) in [5.74, 6) is -3.07. The monoisotopic (exact) mass is 652 g/mol. The fraction of sp³-hybridized carbons (Fsp3) is 0.333. The average Bonchev–Trinajstić information content (AvgIpc) is 3.03. The average molecular weight is 653 g/mol. The Morgan fingerprint density at radius 2 is 1.62 bits per heavy atom. The maximum absolute atomic E-state index is 14.5. The maximum atomic E-state index is 14.5. The van der Waals surface area contributed by atoms with E-state index in [-0.39, 0.29) is 24.8 Å². The van der Waals surface area contributed by atoms with Crippen LogP contribution in [0.4, 0.5) is 17.6 Å². The molecule has 2 N–H and O–H groups in total. The van der Waals surface area contributed by atoms with Gasteiger partial charge in [0, 0.05) is 18.5 Å². The smallest absolute Gasteiger partial charge is 0.391 e. The van der Waals surface area contributed by atoms with E-state index in [1.54, 1.807) is 31.2 Å². The summed E-state index contributed by atoms with van der Waals surface area (Å²) in [6.45, 7) is 2.59. The fourth-order valence-corrected chi connectivity index (χ4v) is 6.39. The normalized spacial score (nSPS) is 15.0. The van der Waals surface area contributed by atoms with Crippen molar-refractivity contribution in [2.75, 3.05) is 27.3 Å². The Labute approximate surface area is 270 Å². The van der Waals surface area contributed by atoms with E-state index in [1.807, 2.05) is 35.2 Å². The lowest BCUT2D eigenvalue weighted by Gasteiger charge is -2.33. The zero-order chi connectivity index (χ0) is 33.9. The number of fused-ring (bicyclic) bond motifs is 1. The van der Waals surface area contributed by atoms with E-state index in [4.69, 9.17) is 9.47 Å². The van der Waals surface area contributed by atoms with Crippen molar-refractivity contribution < 1.29 is 41.7 Å². The second-order valence-corrected chi connectivity index (χ2v) is 11.7. The van der Waals surface area contributed by atoms with Gasteiger partial charge >= 0.3 is 12.1 Å². The molecule has 5 rings (SSSR count). The van der Waals surface area contributed by atoms with E-state index < -0.39 is 35.8 Å². The predicted molar refractivity (Wildman–Crippen MR) is 170 cm³/mol. The SMILES string of the molecule is COc1ccc(CN2CCC(C(F)(F)F)CC2)c(OC)c1-c1cccc2c(C[C@H](NC(=O)c3c(C)cccc3F)C(=O)O)cccc12. The number of nitrogens with zero attached hydrogens (tertiary/aromatic N) is 1. The van der Waals surface area contributed by atoms with E-state index in [0.29, 0.717) is 47.8 Å². The molecule has 11 heteroatoms. The summed E-state index contributed by atoms with van der Waals surface area (Å²) >= 11 is 0. The van der Waals surface area contributed by atoms with Crippen LogP contribution in [0.5, 0.6) is 11.5 Å². The maximum Gasteiger partial charge on any atom is 0.391 e. The molecule has 0 aliphatic carbocycles. The molecule has 1 aliphatic rings. The van der Waals surface area contributed by atoms with Gasteiger partial charge in [-0.1, -0.05) is 54.6 Å². The number of hydrogen-bond donors (Lipinski definition) is 2. The third kappa shape index (κ3) is 7.20. The zero-order valence-electron chi connectivity index (χ0n) is 26.3. The lowest BCUT2D eigenvalue weighted by Crippen LogP contribution is -2.42. The van der Waals surface area contributed by atoms with Crippen LogP contribution in [0.3, 0.4) is 0 Å². The molecule has 1 heterocycles. The summed E-state index contributed by atoms with van der Waals surface area (Å²) in [5, 5.41) is 14.0. The van der Waals surface area contributed by atoms with E-state index in [2.05, 4.69) is 5.32 Å². The Morgan fingerprint density at radius 1 is 0.936 bits per heavy atom. The minimum Gasteiger partial charge on any atom is -0.496 e. The number of aryl methyl sites for hydroxylation is 1. The number of ether oxygens (including phenoxy) is 2. The fourth-order valence-electron chi connectivity index (χ4n) is 6.39. The second-order valence-electron chi connectivity index (χ2n) is 11.7. The van der Waals surface area contributed by atoms with Crippen LogP contribution >= 0.6 is 0 Å². The number of carboxylic acid groups (broad SMARTS) is 1. The van der Waals surface area contributed by atoms with Gasteiger partial charge in [-0.05, 0) is 72.5 Å². The Bertz CT molecular complexity index is 1760. The minimum atomic E-state index is -4.20. The van der Waals surface area contributed by atoms with Crippen molar-refractivity contribution in [1.29, 1.82) is 0 Å². The highest BCUT2D eigenvalue weighted by atomic mass is 19.4. The molecule has 1 aliphatic heterocycles. The van der Waals surface area contributed by atoms with Gasteiger partial charge in [0.05, 0.1) is 31.3 Å². The van der Waals surface area contributed by atoms with Crippen LogP contribution in [0.25, 0.3) is 21.9 Å². The molecule has 1 amide bonds. The van der Waals surface area contributed by atoms with Gasteiger partial charge in [-0.3, -0.25) is 9.69 Å². The van der Waals surface area contributed by atoms with Gasteiger partial charge in [-0.15, -0.1) is 0 Å². The number of rotatable bonds is 10. The molecule has 0 bridgehead atoms. The van der Waals surface area contributed by atoms with Crippen molar-refractivity contribution in [3.05, 3.63) is 94.8 Å². The lowest BCUT2D eigenvalue weighted by molar-refractivity contribution is -0.185. The Hall–Kier alpha value is -4.64. The number of likely N-dealkylation sites (tertiary alicyclic amines) is 1. The summed E-state index contributed by atoms with van der Waals surface area (Å²) in [6, 6.07) is 17.5. The summed E-state index contributed by atoms with van der Waals surface area (Å²) in [5.41, 5.74) is 3.01. The first-order valence-electron chi connectivity index (χ1n) is 15.3. The second kappa shape index (κ2) is 14.0. The van der Waals surface area contributed by atoms with E-state index in [9.17, 15) is 32.3 Å². The quantitative estimate of drug-likeness (QED) is 0.177. The number of carbonyl (C=O) groups is 2. The van der Waals surface area contributed by atoms with Crippen LogP contribution in [0.2, 0.25) is 0 Å². The van der Waals surface area contributed by atoms with Gasteiger partial charge in [0.1, 0.15) is 23.4 Å². The van der Waals surface area contributed by atoms with Crippen molar-refractivity contribution in [2.24, 2.45) is 5.92 Å². The van der Waals surface area contributed by atoms with Crippen molar-refractivity contribution in [3.8, 4) is 22.6 Å². The first-order chi connectivity index (χ1) is 22.4. The van der Waals surface area contributed by atoms with E-state index >= 15 is 0 Å². The highest BCUT2D eigenvalue weighted by molar-refractivity contribution is 6.02. The van der Waals surface area contributed by atoms with Crippen LogP contribution in [-0.4, -0.2) is 61.4 Å². The molecule has 47 heavy (non-hydrogen) atoms. The predicted octanol–water partition coefficient (Wildman–Crippen LogP) is 7.17. The molecule has 0 saturated carbocycles. The third-order valence-corrected chi connectivity index (χ3v) is 8.83. The summed E-state index contributed by atoms with van der Waals surface area (Å²) < 4.78 is 65.9. The van der Waals surface area contributed by atoms with Gasteiger partial charge < -0.3 is 19.9 Å². The molecule has 0 unspecified atom stereocenters. The third-order valence-electron chi connectivity index (χ3n) is 8.83. The summed E-state index contributed by atoms with van der Waals surface area (Å²) in [6.07, 6.45) is -4.19. The summed E-state index contributed by atoms with van der Waals surface area (Å²) in [7, 11) is 3.07. The highest BCUT2D eigenvalue weighted by Gasteiger charge is 2.41. The molecule has 1 fully saturated rings. The van der Waals surface area contributed by atoms with Crippen molar-refractivity contribution in [3.63, 3.8) is 0 Å². The Kier molecular flexibility index (Phi) is 10.0. The van der Waals surface area contributed by atoms with Gasteiger partial charge in [0.2, 0.25) is 0 Å². The number of carbonyl (C=O) groups excluding carboxylic acids is 1. The lowest BCUT2D eigenvalue weighted by atomic mass is 9.91. The van der Waals surface area contributed by atoms with Crippen LogP contribution in [0.1, 0.15) is 39.9 Å². The summed E-state index contributed by atoms with van der Waals surface area (Å²) in [4.78, 5) is 27.3. The molecule has 1 saturated heterocycles. The molecule has 4 aromatic rings. The standard InChI is InChI=1S/C36H36F4N2O5/c1-21-7-4-12-28(37)31(21)34(43)41-29(35(44)45)19-22-8-5-10-26-25(22)9-6-11-27(26)32-30(46-2)14-13-23(33(32)47-3)20-42-17-15-24(16-18-42)36(38,39)40/h4-14,24,29H,15-20H2,1-3H3,(H,41,43)(H,44,45)/t29-/m0/s1. The first kappa shape index (κ1) is 33.7. The van der Waals surface area contributed by atoms with Crippen molar-refractivity contribution in [1.82, 2.24) is 10.2 Å². The van der Waals surface area contributed by atoms with Crippen LogP contribution < -0.4 is 14.8 Å². The van der Waals surface area contributed by atoms with Crippen LogP contribution in [-0.2, 0) is 17.8 Å². The highest BCUT2D eigenvalue weighted by Crippen LogP contribution is 2.45. The number of amides is 1. The number of alkyl halides is 3. The molecule has 4 aromatic carbocycles. The van der Waals surface area contributed by atoms with Gasteiger partial charge in [-0.25, -0.2) is 9.18 Å². The Morgan fingerprint density at radius 3 is 2.26 bits per heavy atom. The molecular formula is C36H36F4N2O5. The molecule has 248 valence electrons. The number of nitrogens with one attached hydrogen (secondary N) is 1. The molecule has 0 spiro atoms. The molecule has 0 radical (unpaired) electrons. The Balaban J connectivity index is 1.48. The van der Waals surface area contributed by atoms with Crippen LogP contribution in [0.15, 0.2) is 66.7 Å². The van der Waals surface area contributed by atoms with Gasteiger partial charge in [-0.2, -0.15) is 13.2 Å². The number of methoxy groups -OCH3 is 2. The number of piperidine rings is 1. The van der Waals surface area contributed by atoms with Crippen molar-refractivity contribution in [2.45, 2.75) is 44.9 Å². The van der Waals surface area contributed by atoms with Crippen LogP contribution in [0, 0.1) is 18.7 Å². The van der Waals surface area contributed by atoms with Gasteiger partial charge in [0.15, 0.2) is 0 Å². The van der Waals surface area contributed by atoms with E-state index in [1.165, 1.54) is 20.3 Å². The minimum absolute atomic E-state index is 0.0403. The molecule has 0 aromatic heterocycles.